The molecule has 2 bridgehead atoms. The number of nitrogens with one attached hydrogen (secondary N) is 1. The van der Waals surface area contributed by atoms with Gasteiger partial charge in [0.15, 0.2) is 0 Å². The number of anilines is 2. The van der Waals surface area contributed by atoms with Gasteiger partial charge < -0.3 is 16.0 Å². The van der Waals surface area contributed by atoms with Crippen molar-refractivity contribution in [2.24, 2.45) is 0 Å². The summed E-state index contributed by atoms with van der Waals surface area (Å²) >= 11 is 0. The van der Waals surface area contributed by atoms with Crippen LogP contribution in [-0.2, 0) is 0 Å². The topological polar surface area (TPSA) is 65.1 Å². The summed E-state index contributed by atoms with van der Waals surface area (Å²) in [6.45, 7) is 0. The van der Waals surface area contributed by atoms with Gasteiger partial charge in [-0.25, -0.2) is 0 Å². The van der Waals surface area contributed by atoms with Gasteiger partial charge in [-0.15, -0.1) is 0 Å². The van der Waals surface area contributed by atoms with Gasteiger partial charge in [0, 0.05) is 23.8 Å². The summed E-state index contributed by atoms with van der Waals surface area (Å²) in [7, 11) is 2.27. The zero-order chi connectivity index (χ0) is 14.1. The largest absolute Gasteiger partial charge is 0.398 e. The van der Waals surface area contributed by atoms with Crippen LogP contribution in [-0.4, -0.2) is 30.1 Å². The van der Waals surface area contributed by atoms with Crippen LogP contribution in [0.3, 0.4) is 0 Å². The van der Waals surface area contributed by atoms with E-state index in [0.717, 1.165) is 17.8 Å². The second-order valence-electron chi connectivity index (χ2n) is 6.13. The highest BCUT2D eigenvalue weighted by Gasteiger charge is 2.35. The van der Waals surface area contributed by atoms with Crippen LogP contribution >= 0.6 is 0 Å². The van der Waals surface area contributed by atoms with E-state index >= 15 is 0 Å². The fourth-order valence-electron chi connectivity index (χ4n) is 3.72. The van der Waals surface area contributed by atoms with Crippen LogP contribution < -0.4 is 11.1 Å². The molecule has 3 N–H and O–H groups in total. The molecule has 2 saturated heterocycles. The molecule has 0 amide bonds. The van der Waals surface area contributed by atoms with Crippen LogP contribution in [0.4, 0.5) is 11.4 Å². The van der Waals surface area contributed by atoms with Crippen molar-refractivity contribution in [3.05, 3.63) is 23.8 Å². The van der Waals surface area contributed by atoms with Crippen molar-refractivity contribution < 1.29 is 0 Å². The fraction of sp³-hybridized carbons (Fsp3) is 0.562. The number of nitrogen functional groups attached to an aromatic ring is 1. The average molecular weight is 270 g/mol. The molecule has 20 heavy (non-hydrogen) atoms. The molecule has 4 heteroatoms. The minimum Gasteiger partial charge on any atom is -0.398 e. The van der Waals surface area contributed by atoms with Crippen molar-refractivity contribution in [3.63, 3.8) is 0 Å². The number of nitriles is 1. The molecule has 2 aliphatic rings. The Labute approximate surface area is 120 Å². The van der Waals surface area contributed by atoms with E-state index in [0.29, 0.717) is 17.3 Å². The highest BCUT2D eigenvalue weighted by atomic mass is 15.2. The molecule has 0 saturated carbocycles. The van der Waals surface area contributed by atoms with Gasteiger partial charge in [0.05, 0.1) is 11.3 Å². The number of hydrogen-bond donors (Lipinski definition) is 2. The van der Waals surface area contributed by atoms with Crippen LogP contribution in [0.25, 0.3) is 0 Å². The van der Waals surface area contributed by atoms with Crippen LogP contribution in [0.5, 0.6) is 0 Å². The van der Waals surface area contributed by atoms with Gasteiger partial charge in [-0.3, -0.25) is 0 Å². The standard InChI is InChI=1S/C16H22N4/c1-20-14-3-2-4-15(20)8-13(7-14)19-12-6-5-11(10-17)16(18)9-12/h5-6,9,13-15,19H,2-4,7-8,18H2,1H3. The summed E-state index contributed by atoms with van der Waals surface area (Å²) in [6.07, 6.45) is 6.41. The molecule has 2 aliphatic heterocycles. The Morgan fingerprint density at radius 3 is 2.60 bits per heavy atom. The lowest BCUT2D eigenvalue weighted by atomic mass is 9.82. The molecule has 1 aromatic carbocycles. The molecular weight excluding hydrogens is 248 g/mol. The molecule has 2 heterocycles. The third-order valence-corrected chi connectivity index (χ3v) is 4.88. The minimum absolute atomic E-state index is 0.522. The molecule has 106 valence electrons. The predicted octanol–water partition coefficient (Wildman–Crippen LogP) is 2.57. The maximum Gasteiger partial charge on any atom is 0.101 e. The van der Waals surface area contributed by atoms with Crippen molar-refractivity contribution in [2.75, 3.05) is 18.1 Å². The van der Waals surface area contributed by atoms with Crippen LogP contribution in [0.2, 0.25) is 0 Å². The third kappa shape index (κ3) is 2.46. The van der Waals surface area contributed by atoms with E-state index in [-0.39, 0.29) is 0 Å². The summed E-state index contributed by atoms with van der Waals surface area (Å²) in [5, 5.41) is 12.5. The van der Waals surface area contributed by atoms with Gasteiger partial charge >= 0.3 is 0 Å². The van der Waals surface area contributed by atoms with Crippen LogP contribution in [0, 0.1) is 11.3 Å². The predicted molar refractivity (Wildman–Crippen MR) is 81.4 cm³/mol. The van der Waals surface area contributed by atoms with E-state index in [2.05, 4.69) is 23.3 Å². The summed E-state index contributed by atoms with van der Waals surface area (Å²) in [4.78, 5) is 2.56. The lowest BCUT2D eigenvalue weighted by molar-refractivity contribution is 0.0608. The van der Waals surface area contributed by atoms with E-state index in [1.54, 1.807) is 6.07 Å². The number of fused-ring (bicyclic) bond motifs is 2. The Morgan fingerprint density at radius 2 is 2.00 bits per heavy atom. The normalized spacial score (nSPS) is 29.7. The average Bonchev–Trinajstić information content (AvgIpc) is 2.40. The minimum atomic E-state index is 0.522. The van der Waals surface area contributed by atoms with E-state index in [4.69, 9.17) is 11.0 Å². The lowest BCUT2D eigenvalue weighted by Gasteiger charge is -2.47. The van der Waals surface area contributed by atoms with Gasteiger partial charge in [0.2, 0.25) is 0 Å². The number of benzene rings is 1. The highest BCUT2D eigenvalue weighted by Crippen LogP contribution is 2.34. The Balaban J connectivity index is 1.70. The molecule has 0 aromatic heterocycles. The summed E-state index contributed by atoms with van der Waals surface area (Å²) in [5.41, 5.74) is 8.03. The van der Waals surface area contributed by atoms with E-state index in [9.17, 15) is 0 Å². The second-order valence-corrected chi connectivity index (χ2v) is 6.13. The molecule has 0 radical (unpaired) electrons. The van der Waals surface area contributed by atoms with Gasteiger partial charge in [-0.2, -0.15) is 5.26 Å². The Hall–Kier alpha value is -1.73. The number of nitrogens with zero attached hydrogens (tertiary/aromatic N) is 2. The summed E-state index contributed by atoms with van der Waals surface area (Å²) in [5.74, 6) is 0. The molecule has 2 fully saturated rings. The maximum atomic E-state index is 8.91. The van der Waals surface area contributed by atoms with Crippen molar-refractivity contribution >= 4 is 11.4 Å². The molecule has 2 unspecified atom stereocenters. The van der Waals surface area contributed by atoms with E-state index in [1.165, 1.54) is 32.1 Å². The molecule has 2 atom stereocenters. The Morgan fingerprint density at radius 1 is 1.30 bits per heavy atom. The summed E-state index contributed by atoms with van der Waals surface area (Å²) in [6, 6.07) is 9.71. The third-order valence-electron chi connectivity index (χ3n) is 4.88. The van der Waals surface area contributed by atoms with Gasteiger partial charge in [0.1, 0.15) is 6.07 Å². The smallest absolute Gasteiger partial charge is 0.101 e. The van der Waals surface area contributed by atoms with Crippen LogP contribution in [0.1, 0.15) is 37.7 Å². The first-order chi connectivity index (χ1) is 9.67. The van der Waals surface area contributed by atoms with E-state index < -0.39 is 0 Å². The second kappa shape index (κ2) is 5.34. The lowest BCUT2D eigenvalue weighted by Crippen LogP contribution is -2.52. The first-order valence-electron chi connectivity index (χ1n) is 7.45. The maximum absolute atomic E-state index is 8.91. The van der Waals surface area contributed by atoms with E-state index in [1.807, 2.05) is 12.1 Å². The zero-order valence-electron chi connectivity index (χ0n) is 12.0. The number of rotatable bonds is 2. The van der Waals surface area contributed by atoms with Gasteiger partial charge in [-0.05, 0) is 50.9 Å². The molecule has 1 aromatic rings. The van der Waals surface area contributed by atoms with Crippen LogP contribution in [0.15, 0.2) is 18.2 Å². The monoisotopic (exact) mass is 270 g/mol. The quantitative estimate of drug-likeness (QED) is 0.811. The Kier molecular flexibility index (Phi) is 3.54. The number of hydrogen-bond acceptors (Lipinski definition) is 4. The fourth-order valence-corrected chi connectivity index (χ4v) is 3.72. The summed E-state index contributed by atoms with van der Waals surface area (Å²) < 4.78 is 0. The highest BCUT2D eigenvalue weighted by molar-refractivity contribution is 5.62. The number of nitrogens with two attached hydrogens (primary N) is 1. The van der Waals surface area contributed by atoms with Gasteiger partial charge in [0.25, 0.3) is 0 Å². The first kappa shape index (κ1) is 13.3. The number of piperidine rings is 2. The van der Waals surface area contributed by atoms with Crippen molar-refractivity contribution in [3.8, 4) is 6.07 Å². The van der Waals surface area contributed by atoms with Crippen molar-refractivity contribution in [1.29, 1.82) is 5.26 Å². The molecule has 0 aliphatic carbocycles. The van der Waals surface area contributed by atoms with Gasteiger partial charge in [-0.1, -0.05) is 6.42 Å². The molecule has 0 spiro atoms. The Bertz CT molecular complexity index is 520. The SMILES string of the molecule is CN1C2CCCC1CC(Nc1ccc(C#N)c(N)c1)C2. The molecule has 4 nitrogen and oxygen atoms in total. The first-order valence-corrected chi connectivity index (χ1v) is 7.45. The van der Waals surface area contributed by atoms with Crippen molar-refractivity contribution in [2.45, 2.75) is 50.2 Å². The zero-order valence-corrected chi connectivity index (χ0v) is 12.0. The molecule has 3 rings (SSSR count). The van der Waals surface area contributed by atoms with Crippen molar-refractivity contribution in [1.82, 2.24) is 4.90 Å². The molecular formula is C16H22N4.